The van der Waals surface area contributed by atoms with Crippen molar-refractivity contribution in [2.75, 3.05) is 11.9 Å². The fourth-order valence-electron chi connectivity index (χ4n) is 2.70. The number of nitrogens with one attached hydrogen (secondary N) is 1. The molecule has 4 rings (SSSR count). The number of hydrogen-bond donors (Lipinski definition) is 1. The summed E-state index contributed by atoms with van der Waals surface area (Å²) in [5, 5.41) is 11.3. The van der Waals surface area contributed by atoms with E-state index in [1.165, 1.54) is 0 Å². The quantitative estimate of drug-likeness (QED) is 0.795. The fourth-order valence-corrected chi connectivity index (χ4v) is 2.88. The summed E-state index contributed by atoms with van der Waals surface area (Å²) < 4.78 is 7.27. The molecule has 0 saturated heterocycles. The first-order valence-electron chi connectivity index (χ1n) is 7.41. The SMILES string of the molecule is O=C(Nc1nncn1-c1ccccc1)[C@@H]1COc2ccc(Cl)cc21. The fraction of sp³-hybridized carbons (Fsp3) is 0.118. The van der Waals surface area contributed by atoms with E-state index in [0.29, 0.717) is 16.7 Å². The average Bonchev–Trinajstić information content (AvgIpc) is 3.22. The van der Waals surface area contributed by atoms with Crippen LogP contribution in [0, 0.1) is 0 Å². The van der Waals surface area contributed by atoms with Gasteiger partial charge >= 0.3 is 0 Å². The first kappa shape index (κ1) is 14.7. The van der Waals surface area contributed by atoms with Crippen molar-refractivity contribution in [3.05, 3.63) is 65.4 Å². The van der Waals surface area contributed by atoms with Gasteiger partial charge < -0.3 is 4.74 Å². The topological polar surface area (TPSA) is 69.0 Å². The highest BCUT2D eigenvalue weighted by Crippen LogP contribution is 2.36. The number of aromatic nitrogens is 3. The molecule has 1 aromatic heterocycles. The third-order valence-electron chi connectivity index (χ3n) is 3.89. The van der Waals surface area contributed by atoms with Crippen LogP contribution in [-0.4, -0.2) is 27.3 Å². The second-order valence-electron chi connectivity index (χ2n) is 5.40. The van der Waals surface area contributed by atoms with Gasteiger partial charge in [-0.2, -0.15) is 0 Å². The molecule has 0 aliphatic carbocycles. The summed E-state index contributed by atoms with van der Waals surface area (Å²) in [6, 6.07) is 14.8. The third kappa shape index (κ3) is 2.61. The normalized spacial score (nSPS) is 15.6. The maximum absolute atomic E-state index is 12.7. The highest BCUT2D eigenvalue weighted by Gasteiger charge is 2.31. The molecule has 24 heavy (non-hydrogen) atoms. The van der Waals surface area contributed by atoms with Crippen LogP contribution in [0.25, 0.3) is 5.69 Å². The van der Waals surface area contributed by atoms with E-state index in [4.69, 9.17) is 16.3 Å². The summed E-state index contributed by atoms with van der Waals surface area (Å²) in [4.78, 5) is 12.7. The molecule has 6 nitrogen and oxygen atoms in total. The maximum Gasteiger partial charge on any atom is 0.237 e. The zero-order valence-electron chi connectivity index (χ0n) is 12.5. The number of ether oxygens (including phenoxy) is 1. The second-order valence-corrected chi connectivity index (χ2v) is 5.83. The van der Waals surface area contributed by atoms with Crippen molar-refractivity contribution in [3.8, 4) is 11.4 Å². The zero-order chi connectivity index (χ0) is 16.5. The Kier molecular flexibility index (Phi) is 3.66. The molecule has 2 aromatic carbocycles. The van der Waals surface area contributed by atoms with Gasteiger partial charge in [-0.15, -0.1) is 10.2 Å². The van der Waals surface area contributed by atoms with Gasteiger partial charge in [0.1, 0.15) is 24.6 Å². The molecule has 3 aromatic rings. The lowest BCUT2D eigenvalue weighted by molar-refractivity contribution is -0.117. The van der Waals surface area contributed by atoms with Crippen molar-refractivity contribution in [3.63, 3.8) is 0 Å². The highest BCUT2D eigenvalue weighted by atomic mass is 35.5. The number of carbonyl (C=O) groups excluding carboxylic acids is 1. The van der Waals surface area contributed by atoms with E-state index >= 15 is 0 Å². The number of anilines is 1. The van der Waals surface area contributed by atoms with Crippen LogP contribution in [0.1, 0.15) is 11.5 Å². The number of fused-ring (bicyclic) bond motifs is 1. The highest BCUT2D eigenvalue weighted by molar-refractivity contribution is 6.30. The Morgan fingerprint density at radius 2 is 2.08 bits per heavy atom. The number of carbonyl (C=O) groups is 1. The van der Waals surface area contributed by atoms with Gasteiger partial charge in [0.05, 0.1) is 5.69 Å². The molecule has 0 unspecified atom stereocenters. The Labute approximate surface area is 143 Å². The van der Waals surface area contributed by atoms with Crippen LogP contribution in [-0.2, 0) is 4.79 Å². The summed E-state index contributed by atoms with van der Waals surface area (Å²) in [5.41, 5.74) is 1.65. The molecular weight excluding hydrogens is 328 g/mol. The van der Waals surface area contributed by atoms with Gasteiger partial charge in [0.25, 0.3) is 0 Å². The second kappa shape index (κ2) is 5.98. The van der Waals surface area contributed by atoms with Crippen molar-refractivity contribution in [1.29, 1.82) is 0 Å². The Morgan fingerprint density at radius 1 is 1.25 bits per heavy atom. The number of rotatable bonds is 3. The molecular formula is C17H13ClN4O2. The Balaban J connectivity index is 1.59. The number of nitrogens with zero attached hydrogens (tertiary/aromatic N) is 3. The number of hydrogen-bond acceptors (Lipinski definition) is 4. The largest absolute Gasteiger partial charge is 0.492 e. The molecule has 1 N–H and O–H groups in total. The van der Waals surface area contributed by atoms with Crippen molar-refractivity contribution >= 4 is 23.5 Å². The van der Waals surface area contributed by atoms with E-state index < -0.39 is 5.92 Å². The average molecular weight is 341 g/mol. The van der Waals surface area contributed by atoms with Gasteiger partial charge in [-0.25, -0.2) is 0 Å². The Hall–Kier alpha value is -2.86. The van der Waals surface area contributed by atoms with Crippen LogP contribution in [0.5, 0.6) is 5.75 Å². The molecule has 1 atom stereocenters. The number of amides is 1. The van der Waals surface area contributed by atoms with E-state index in [1.54, 1.807) is 29.1 Å². The minimum Gasteiger partial charge on any atom is -0.492 e. The minimum absolute atomic E-state index is 0.207. The molecule has 0 fully saturated rings. The van der Waals surface area contributed by atoms with Crippen molar-refractivity contribution in [2.45, 2.75) is 5.92 Å². The molecule has 0 spiro atoms. The standard InChI is InChI=1S/C17H13ClN4O2/c18-11-6-7-15-13(8-11)14(9-24-15)16(23)20-17-21-19-10-22(17)12-4-2-1-3-5-12/h1-8,10,14H,9H2,(H,20,21,23)/t14-/m1/s1. The lowest BCUT2D eigenvalue weighted by atomic mass is 10.0. The van der Waals surface area contributed by atoms with E-state index in [-0.39, 0.29) is 12.5 Å². The number of halogens is 1. The van der Waals surface area contributed by atoms with E-state index in [0.717, 1.165) is 11.3 Å². The predicted molar refractivity (Wildman–Crippen MR) is 89.7 cm³/mol. The molecule has 0 saturated carbocycles. The molecule has 0 radical (unpaired) electrons. The minimum atomic E-state index is -0.431. The number of para-hydroxylation sites is 1. The summed E-state index contributed by atoms with van der Waals surface area (Å²) >= 11 is 6.03. The monoisotopic (exact) mass is 340 g/mol. The van der Waals surface area contributed by atoms with Gasteiger partial charge in [0.2, 0.25) is 11.9 Å². The van der Waals surface area contributed by atoms with Crippen LogP contribution in [0.15, 0.2) is 54.9 Å². The summed E-state index contributed by atoms with van der Waals surface area (Å²) in [7, 11) is 0. The van der Waals surface area contributed by atoms with Gasteiger partial charge in [-0.1, -0.05) is 29.8 Å². The van der Waals surface area contributed by atoms with Gasteiger partial charge in [0, 0.05) is 10.6 Å². The molecule has 120 valence electrons. The Bertz CT molecular complexity index is 895. The van der Waals surface area contributed by atoms with Crippen molar-refractivity contribution in [1.82, 2.24) is 14.8 Å². The Morgan fingerprint density at radius 3 is 2.92 bits per heavy atom. The lowest BCUT2D eigenvalue weighted by Gasteiger charge is -2.11. The van der Waals surface area contributed by atoms with Crippen LogP contribution < -0.4 is 10.1 Å². The molecule has 1 aliphatic rings. The molecule has 1 aliphatic heterocycles. The van der Waals surface area contributed by atoms with Crippen LogP contribution in [0.3, 0.4) is 0 Å². The zero-order valence-corrected chi connectivity index (χ0v) is 13.3. The van der Waals surface area contributed by atoms with Crippen LogP contribution in [0.2, 0.25) is 5.02 Å². The molecule has 0 bridgehead atoms. The smallest absolute Gasteiger partial charge is 0.237 e. The molecule has 2 heterocycles. The van der Waals surface area contributed by atoms with Gasteiger partial charge in [0.15, 0.2) is 0 Å². The van der Waals surface area contributed by atoms with Crippen molar-refractivity contribution < 1.29 is 9.53 Å². The summed E-state index contributed by atoms with van der Waals surface area (Å²) in [5.74, 6) is 0.409. The van der Waals surface area contributed by atoms with E-state index in [9.17, 15) is 4.79 Å². The van der Waals surface area contributed by atoms with Gasteiger partial charge in [-0.3, -0.25) is 14.7 Å². The van der Waals surface area contributed by atoms with Crippen LogP contribution in [0.4, 0.5) is 5.95 Å². The third-order valence-corrected chi connectivity index (χ3v) is 4.12. The first-order valence-corrected chi connectivity index (χ1v) is 7.79. The lowest BCUT2D eigenvalue weighted by Crippen LogP contribution is -2.24. The van der Waals surface area contributed by atoms with Gasteiger partial charge in [-0.05, 0) is 30.3 Å². The van der Waals surface area contributed by atoms with Crippen molar-refractivity contribution in [2.24, 2.45) is 0 Å². The summed E-state index contributed by atoms with van der Waals surface area (Å²) in [6.07, 6.45) is 1.56. The predicted octanol–water partition coefficient (Wildman–Crippen LogP) is 3.04. The van der Waals surface area contributed by atoms with E-state index in [1.807, 2.05) is 30.3 Å². The molecule has 1 amide bonds. The van der Waals surface area contributed by atoms with E-state index in [2.05, 4.69) is 15.5 Å². The molecule has 7 heteroatoms. The van der Waals surface area contributed by atoms with Crippen LogP contribution >= 0.6 is 11.6 Å². The maximum atomic E-state index is 12.7. The first-order chi connectivity index (χ1) is 11.7. The number of benzene rings is 2. The summed E-state index contributed by atoms with van der Waals surface area (Å²) in [6.45, 7) is 0.279.